The number of hydrogen-bond donors (Lipinski definition) is 1. The summed E-state index contributed by atoms with van der Waals surface area (Å²) >= 11 is 6.29. The molecule has 8 nitrogen and oxygen atoms in total. The number of rotatable bonds is 6. The second kappa shape index (κ2) is 9.08. The van der Waals surface area contributed by atoms with Crippen LogP contribution in [0.1, 0.15) is 19.3 Å². The molecule has 9 heteroatoms. The second-order valence-electron chi connectivity index (χ2n) is 7.75. The molecule has 1 atom stereocenters. The maximum absolute atomic E-state index is 13.0. The molecule has 1 N–H and O–H groups in total. The zero-order valence-electron chi connectivity index (χ0n) is 17.9. The summed E-state index contributed by atoms with van der Waals surface area (Å²) in [6.07, 6.45) is 1.39. The summed E-state index contributed by atoms with van der Waals surface area (Å²) < 4.78 is 10.6. The summed E-state index contributed by atoms with van der Waals surface area (Å²) in [4.78, 5) is 40.9. The summed E-state index contributed by atoms with van der Waals surface area (Å²) in [5.74, 6) is 0.121. The van der Waals surface area contributed by atoms with Crippen molar-refractivity contribution in [1.29, 1.82) is 0 Å². The Kier molecular flexibility index (Phi) is 6.23. The number of anilines is 3. The van der Waals surface area contributed by atoms with Crippen LogP contribution < -0.4 is 24.6 Å². The van der Waals surface area contributed by atoms with E-state index in [0.717, 1.165) is 6.42 Å². The molecule has 0 aromatic heterocycles. The number of nitrogens with zero attached hydrogens (tertiary/aromatic N) is 2. The number of benzene rings is 2. The van der Waals surface area contributed by atoms with Gasteiger partial charge in [-0.25, -0.2) is 0 Å². The molecular formula is C23H24ClN3O5. The van der Waals surface area contributed by atoms with Gasteiger partial charge in [-0.1, -0.05) is 11.6 Å². The molecule has 0 saturated carbocycles. The van der Waals surface area contributed by atoms with E-state index in [1.165, 1.54) is 7.11 Å². The molecule has 3 amide bonds. The lowest BCUT2D eigenvalue weighted by Crippen LogP contribution is -2.28. The Morgan fingerprint density at radius 3 is 2.56 bits per heavy atom. The predicted octanol–water partition coefficient (Wildman–Crippen LogP) is 3.48. The highest BCUT2D eigenvalue weighted by atomic mass is 35.5. The van der Waals surface area contributed by atoms with Crippen LogP contribution in [0.25, 0.3) is 0 Å². The molecule has 2 aliphatic heterocycles. The molecule has 168 valence electrons. The summed E-state index contributed by atoms with van der Waals surface area (Å²) in [7, 11) is 3.07. The van der Waals surface area contributed by atoms with Gasteiger partial charge < -0.3 is 24.6 Å². The molecule has 0 aliphatic carbocycles. The molecule has 2 aromatic rings. The topological polar surface area (TPSA) is 88.2 Å². The first-order valence-electron chi connectivity index (χ1n) is 10.3. The van der Waals surface area contributed by atoms with Crippen LogP contribution in [-0.4, -0.2) is 45.0 Å². The van der Waals surface area contributed by atoms with E-state index in [4.69, 9.17) is 21.1 Å². The van der Waals surface area contributed by atoms with E-state index in [9.17, 15) is 14.4 Å². The van der Waals surface area contributed by atoms with E-state index in [2.05, 4.69) is 5.32 Å². The zero-order valence-corrected chi connectivity index (χ0v) is 18.6. The maximum Gasteiger partial charge on any atom is 0.229 e. The quantitative estimate of drug-likeness (QED) is 0.717. The fraction of sp³-hybridized carbons (Fsp3) is 0.348. The van der Waals surface area contributed by atoms with Gasteiger partial charge in [-0.15, -0.1) is 0 Å². The molecule has 0 radical (unpaired) electrons. The Hall–Kier alpha value is -3.26. The minimum absolute atomic E-state index is 0.0510. The van der Waals surface area contributed by atoms with Gasteiger partial charge in [0.05, 0.1) is 36.5 Å². The third-order valence-corrected chi connectivity index (χ3v) is 6.10. The number of amides is 3. The van der Waals surface area contributed by atoms with Crippen LogP contribution in [0.15, 0.2) is 36.4 Å². The summed E-state index contributed by atoms with van der Waals surface area (Å²) in [5, 5.41) is 3.20. The second-order valence-corrected chi connectivity index (χ2v) is 8.15. The molecule has 2 saturated heterocycles. The predicted molar refractivity (Wildman–Crippen MR) is 122 cm³/mol. The van der Waals surface area contributed by atoms with Gasteiger partial charge in [-0.3, -0.25) is 14.4 Å². The Bertz CT molecular complexity index is 1070. The minimum Gasteiger partial charge on any atom is -0.497 e. The maximum atomic E-state index is 13.0. The van der Waals surface area contributed by atoms with E-state index in [-0.39, 0.29) is 30.7 Å². The first-order valence-corrected chi connectivity index (χ1v) is 10.7. The fourth-order valence-corrected chi connectivity index (χ4v) is 4.22. The fourth-order valence-electron chi connectivity index (χ4n) is 4.06. The Labute approximate surface area is 191 Å². The molecule has 2 fully saturated rings. The SMILES string of the molecule is COc1ccc(N2CC(C(=O)Nc3cc(N4CCCC4=O)ccc3Cl)CC2=O)c(OC)c1. The molecule has 32 heavy (non-hydrogen) atoms. The van der Waals surface area contributed by atoms with Gasteiger partial charge in [0.25, 0.3) is 0 Å². The van der Waals surface area contributed by atoms with Crippen molar-refractivity contribution >= 4 is 46.4 Å². The lowest BCUT2D eigenvalue weighted by Gasteiger charge is -2.20. The molecule has 2 heterocycles. The first-order chi connectivity index (χ1) is 15.4. The highest BCUT2D eigenvalue weighted by Gasteiger charge is 2.36. The van der Waals surface area contributed by atoms with Gasteiger partial charge in [0.15, 0.2) is 0 Å². The van der Waals surface area contributed by atoms with Crippen molar-refractivity contribution in [3.8, 4) is 11.5 Å². The van der Waals surface area contributed by atoms with Gasteiger partial charge in [0.1, 0.15) is 11.5 Å². The van der Waals surface area contributed by atoms with Crippen molar-refractivity contribution < 1.29 is 23.9 Å². The Balaban J connectivity index is 1.50. The number of ether oxygens (including phenoxy) is 2. The van der Waals surface area contributed by atoms with Crippen LogP contribution in [0, 0.1) is 5.92 Å². The lowest BCUT2D eigenvalue weighted by molar-refractivity contribution is -0.122. The van der Waals surface area contributed by atoms with Crippen molar-refractivity contribution in [3.05, 3.63) is 41.4 Å². The lowest BCUT2D eigenvalue weighted by atomic mass is 10.1. The monoisotopic (exact) mass is 457 g/mol. The van der Waals surface area contributed by atoms with Crippen LogP contribution in [0.4, 0.5) is 17.1 Å². The molecular weight excluding hydrogens is 434 g/mol. The van der Waals surface area contributed by atoms with Gasteiger partial charge in [-0.2, -0.15) is 0 Å². The number of carbonyl (C=O) groups excluding carboxylic acids is 3. The van der Waals surface area contributed by atoms with Gasteiger partial charge in [0.2, 0.25) is 17.7 Å². The minimum atomic E-state index is -0.553. The van der Waals surface area contributed by atoms with Crippen LogP contribution in [0.5, 0.6) is 11.5 Å². The average molecular weight is 458 g/mol. The van der Waals surface area contributed by atoms with Crippen molar-refractivity contribution in [2.75, 3.05) is 42.4 Å². The third kappa shape index (κ3) is 4.23. The van der Waals surface area contributed by atoms with Crippen LogP contribution in [-0.2, 0) is 14.4 Å². The molecule has 1 unspecified atom stereocenters. The standard InChI is InChI=1S/C23H24ClN3O5/c1-31-16-6-8-19(20(12-16)32-2)27-13-14(10-22(27)29)23(30)25-18-11-15(5-7-17(18)24)26-9-3-4-21(26)28/h5-8,11-12,14H,3-4,9-10,13H2,1-2H3,(H,25,30). The average Bonchev–Trinajstić information content (AvgIpc) is 3.40. The van der Waals surface area contributed by atoms with E-state index >= 15 is 0 Å². The van der Waals surface area contributed by atoms with Gasteiger partial charge >= 0.3 is 0 Å². The molecule has 0 spiro atoms. The smallest absolute Gasteiger partial charge is 0.229 e. The largest absolute Gasteiger partial charge is 0.497 e. The van der Waals surface area contributed by atoms with E-state index in [0.29, 0.717) is 46.5 Å². The summed E-state index contributed by atoms with van der Waals surface area (Å²) in [6, 6.07) is 10.3. The van der Waals surface area contributed by atoms with Crippen LogP contribution >= 0.6 is 11.6 Å². The zero-order chi connectivity index (χ0) is 22.8. The Morgan fingerprint density at radius 2 is 1.88 bits per heavy atom. The third-order valence-electron chi connectivity index (χ3n) is 5.77. The Morgan fingerprint density at radius 1 is 1.06 bits per heavy atom. The van der Waals surface area contributed by atoms with Crippen molar-refractivity contribution in [2.45, 2.75) is 19.3 Å². The summed E-state index contributed by atoms with van der Waals surface area (Å²) in [6.45, 7) is 0.860. The van der Waals surface area contributed by atoms with E-state index in [1.54, 1.807) is 53.3 Å². The highest BCUT2D eigenvalue weighted by Crippen LogP contribution is 2.36. The van der Waals surface area contributed by atoms with E-state index < -0.39 is 5.92 Å². The molecule has 2 aliphatic rings. The van der Waals surface area contributed by atoms with Crippen molar-refractivity contribution in [1.82, 2.24) is 0 Å². The number of carbonyl (C=O) groups is 3. The van der Waals surface area contributed by atoms with Crippen molar-refractivity contribution in [3.63, 3.8) is 0 Å². The number of methoxy groups -OCH3 is 2. The van der Waals surface area contributed by atoms with Crippen LogP contribution in [0.3, 0.4) is 0 Å². The summed E-state index contributed by atoms with van der Waals surface area (Å²) in [5.41, 5.74) is 1.70. The highest BCUT2D eigenvalue weighted by molar-refractivity contribution is 6.34. The van der Waals surface area contributed by atoms with Crippen molar-refractivity contribution in [2.24, 2.45) is 5.92 Å². The van der Waals surface area contributed by atoms with E-state index in [1.807, 2.05) is 0 Å². The van der Waals surface area contributed by atoms with Gasteiger partial charge in [0, 0.05) is 37.7 Å². The number of nitrogens with one attached hydrogen (secondary N) is 1. The number of halogens is 1. The van der Waals surface area contributed by atoms with Crippen LogP contribution in [0.2, 0.25) is 5.02 Å². The molecule has 2 aromatic carbocycles. The molecule has 4 rings (SSSR count). The molecule has 0 bridgehead atoms. The number of hydrogen-bond acceptors (Lipinski definition) is 5. The van der Waals surface area contributed by atoms with Gasteiger partial charge in [-0.05, 0) is 36.8 Å². The normalized spacial score (nSPS) is 18.3. The first kappa shape index (κ1) is 22.0.